The highest BCUT2D eigenvalue weighted by Crippen LogP contribution is 2.32. The van der Waals surface area contributed by atoms with Gasteiger partial charge in [0.2, 0.25) is 0 Å². The van der Waals surface area contributed by atoms with E-state index in [9.17, 15) is 4.79 Å². The maximum Gasteiger partial charge on any atom is 0.266 e. The van der Waals surface area contributed by atoms with Gasteiger partial charge in [0, 0.05) is 6.54 Å². The van der Waals surface area contributed by atoms with Gasteiger partial charge in [0.05, 0.1) is 12.0 Å². The molecule has 1 heterocycles. The maximum atomic E-state index is 12.4. The van der Waals surface area contributed by atoms with Crippen molar-refractivity contribution in [2.45, 2.75) is 6.42 Å². The van der Waals surface area contributed by atoms with Gasteiger partial charge in [0.15, 0.2) is 0 Å². The van der Waals surface area contributed by atoms with Gasteiger partial charge >= 0.3 is 0 Å². The summed E-state index contributed by atoms with van der Waals surface area (Å²) in [7, 11) is 5.68. The molecule has 0 radical (unpaired) electrons. The van der Waals surface area contributed by atoms with E-state index < -0.39 is 0 Å². The van der Waals surface area contributed by atoms with Crippen LogP contribution < -0.4 is 4.74 Å². The van der Waals surface area contributed by atoms with Crippen LogP contribution in [0.15, 0.2) is 29.2 Å². The molecule has 6 heteroatoms. The summed E-state index contributed by atoms with van der Waals surface area (Å²) < 4.78 is 5.77. The van der Waals surface area contributed by atoms with Crippen LogP contribution in [0.25, 0.3) is 6.08 Å². The lowest BCUT2D eigenvalue weighted by Crippen LogP contribution is -2.30. The Labute approximate surface area is 141 Å². The first-order valence-electron chi connectivity index (χ1n) is 7.05. The van der Waals surface area contributed by atoms with E-state index in [1.54, 1.807) is 12.0 Å². The molecule has 1 aliphatic heterocycles. The van der Waals surface area contributed by atoms with Crippen molar-refractivity contribution in [2.75, 3.05) is 34.3 Å². The average Bonchev–Trinajstić information content (AvgIpc) is 2.75. The van der Waals surface area contributed by atoms with Crippen LogP contribution in [0.2, 0.25) is 0 Å². The summed E-state index contributed by atoms with van der Waals surface area (Å²) in [5, 5.41) is 0. The largest absolute Gasteiger partial charge is 0.497 e. The number of thiocarbonyl (C=S) groups is 1. The summed E-state index contributed by atoms with van der Waals surface area (Å²) in [6, 6.07) is 7.61. The fraction of sp³-hybridized carbons (Fsp3) is 0.375. The minimum Gasteiger partial charge on any atom is -0.497 e. The molecule has 0 aliphatic carbocycles. The summed E-state index contributed by atoms with van der Waals surface area (Å²) in [5.41, 5.74) is 0.967. The van der Waals surface area contributed by atoms with Crippen LogP contribution in [0.3, 0.4) is 0 Å². The third-order valence-corrected chi connectivity index (χ3v) is 4.65. The number of carbonyl (C=O) groups excluding carboxylic acids is 1. The number of ether oxygens (including phenoxy) is 1. The Balaban J connectivity index is 2.04. The van der Waals surface area contributed by atoms with E-state index in [1.165, 1.54) is 11.8 Å². The van der Waals surface area contributed by atoms with Gasteiger partial charge in [-0.2, -0.15) is 0 Å². The van der Waals surface area contributed by atoms with E-state index in [1.807, 2.05) is 44.4 Å². The first kappa shape index (κ1) is 17.0. The summed E-state index contributed by atoms with van der Waals surface area (Å²) in [6.45, 7) is 1.61. The van der Waals surface area contributed by atoms with Crippen LogP contribution in [0.1, 0.15) is 12.0 Å². The van der Waals surface area contributed by atoms with Crippen molar-refractivity contribution in [3.05, 3.63) is 34.7 Å². The lowest BCUT2D eigenvalue weighted by molar-refractivity contribution is -0.122. The number of thioether (sulfide) groups is 1. The molecular formula is C16H20N2O2S2. The van der Waals surface area contributed by atoms with Crippen LogP contribution >= 0.6 is 24.0 Å². The lowest BCUT2D eigenvalue weighted by Gasteiger charge is -2.16. The van der Waals surface area contributed by atoms with Gasteiger partial charge in [-0.25, -0.2) is 0 Å². The number of amides is 1. The first-order valence-corrected chi connectivity index (χ1v) is 8.28. The number of nitrogens with zero attached hydrogens (tertiary/aromatic N) is 2. The molecule has 1 amide bonds. The molecule has 118 valence electrons. The van der Waals surface area contributed by atoms with Crippen molar-refractivity contribution in [3.63, 3.8) is 0 Å². The predicted molar refractivity (Wildman–Crippen MR) is 96.0 cm³/mol. The molecule has 1 fully saturated rings. The zero-order chi connectivity index (χ0) is 16.1. The van der Waals surface area contributed by atoms with Crippen molar-refractivity contribution in [1.29, 1.82) is 0 Å². The second kappa shape index (κ2) is 7.76. The number of carbonyl (C=O) groups is 1. The molecule has 1 aliphatic rings. The van der Waals surface area contributed by atoms with Gasteiger partial charge in [-0.15, -0.1) is 0 Å². The lowest BCUT2D eigenvalue weighted by atomic mass is 10.2. The second-order valence-corrected chi connectivity index (χ2v) is 6.94. The molecule has 0 N–H and O–H groups in total. The summed E-state index contributed by atoms with van der Waals surface area (Å²) >= 11 is 6.69. The number of hydrogen-bond acceptors (Lipinski definition) is 5. The monoisotopic (exact) mass is 336 g/mol. The SMILES string of the molecule is COc1ccc(/C=C2/SC(=S)N(CCCN(C)C)C2=O)cc1. The Morgan fingerprint density at radius 3 is 2.59 bits per heavy atom. The van der Waals surface area contributed by atoms with Crippen molar-refractivity contribution < 1.29 is 9.53 Å². The van der Waals surface area contributed by atoms with Crippen LogP contribution in [0.5, 0.6) is 5.75 Å². The van der Waals surface area contributed by atoms with Crippen LogP contribution in [0.4, 0.5) is 0 Å². The molecular weight excluding hydrogens is 316 g/mol. The summed E-state index contributed by atoms with van der Waals surface area (Å²) in [6.07, 6.45) is 2.79. The Bertz CT molecular complexity index is 582. The zero-order valence-corrected chi connectivity index (χ0v) is 14.7. The Morgan fingerprint density at radius 2 is 2.00 bits per heavy atom. The smallest absolute Gasteiger partial charge is 0.266 e. The maximum absolute atomic E-state index is 12.4. The van der Waals surface area contributed by atoms with Crippen molar-refractivity contribution in [1.82, 2.24) is 9.80 Å². The Morgan fingerprint density at radius 1 is 1.32 bits per heavy atom. The number of methoxy groups -OCH3 is 1. The third kappa shape index (κ3) is 4.32. The second-order valence-electron chi connectivity index (χ2n) is 5.26. The molecule has 1 aromatic rings. The quantitative estimate of drug-likeness (QED) is 0.589. The highest BCUT2D eigenvalue weighted by Gasteiger charge is 2.31. The summed E-state index contributed by atoms with van der Waals surface area (Å²) in [4.78, 5) is 16.9. The Hall–Kier alpha value is -1.37. The molecule has 0 bridgehead atoms. The van der Waals surface area contributed by atoms with E-state index in [4.69, 9.17) is 17.0 Å². The molecule has 0 spiro atoms. The van der Waals surface area contributed by atoms with Crippen molar-refractivity contribution in [3.8, 4) is 5.75 Å². The number of rotatable bonds is 6. The number of benzene rings is 1. The molecule has 1 saturated heterocycles. The topological polar surface area (TPSA) is 32.8 Å². The van der Waals surface area contributed by atoms with E-state index in [-0.39, 0.29) is 5.91 Å². The molecule has 22 heavy (non-hydrogen) atoms. The van der Waals surface area contributed by atoms with Gasteiger partial charge in [-0.1, -0.05) is 36.1 Å². The van der Waals surface area contributed by atoms with E-state index in [0.717, 1.165) is 24.3 Å². The zero-order valence-electron chi connectivity index (χ0n) is 13.0. The molecule has 1 aromatic carbocycles. The molecule has 0 atom stereocenters. The van der Waals surface area contributed by atoms with Crippen molar-refractivity contribution in [2.24, 2.45) is 0 Å². The minimum atomic E-state index is 0.00424. The first-order chi connectivity index (χ1) is 10.5. The van der Waals surface area contributed by atoms with Gasteiger partial charge in [-0.3, -0.25) is 9.69 Å². The fourth-order valence-electron chi connectivity index (χ4n) is 2.09. The third-order valence-electron chi connectivity index (χ3n) is 3.27. The normalized spacial score (nSPS) is 16.9. The van der Waals surface area contributed by atoms with Crippen LogP contribution in [0, 0.1) is 0 Å². The van der Waals surface area contributed by atoms with Gasteiger partial charge < -0.3 is 9.64 Å². The van der Waals surface area contributed by atoms with Crippen LogP contribution in [-0.4, -0.2) is 54.3 Å². The molecule has 4 nitrogen and oxygen atoms in total. The van der Waals surface area contributed by atoms with E-state index >= 15 is 0 Å². The van der Waals surface area contributed by atoms with E-state index in [0.29, 0.717) is 15.8 Å². The van der Waals surface area contributed by atoms with Crippen LogP contribution in [-0.2, 0) is 4.79 Å². The standard InChI is InChI=1S/C16H20N2O2S2/c1-17(2)9-4-10-18-15(19)14(22-16(18)21)11-12-5-7-13(20-3)8-6-12/h5-8,11H,4,9-10H2,1-3H3/b14-11+. The molecule has 0 unspecified atom stereocenters. The number of hydrogen-bond donors (Lipinski definition) is 0. The fourth-order valence-corrected chi connectivity index (χ4v) is 3.40. The summed E-state index contributed by atoms with van der Waals surface area (Å²) in [5.74, 6) is 0.804. The van der Waals surface area contributed by atoms with Gasteiger partial charge in [0.1, 0.15) is 10.1 Å². The van der Waals surface area contributed by atoms with E-state index in [2.05, 4.69) is 4.90 Å². The van der Waals surface area contributed by atoms with Gasteiger partial charge in [-0.05, 0) is 50.8 Å². The Kier molecular flexibility index (Phi) is 5.99. The highest BCUT2D eigenvalue weighted by molar-refractivity contribution is 8.26. The minimum absolute atomic E-state index is 0.00424. The molecule has 0 aromatic heterocycles. The molecule has 0 saturated carbocycles. The highest BCUT2D eigenvalue weighted by atomic mass is 32.2. The van der Waals surface area contributed by atoms with Gasteiger partial charge in [0.25, 0.3) is 5.91 Å². The molecule has 2 rings (SSSR count). The predicted octanol–water partition coefficient (Wildman–Crippen LogP) is 2.85. The average molecular weight is 336 g/mol. The van der Waals surface area contributed by atoms with Crippen molar-refractivity contribution >= 4 is 40.3 Å².